The van der Waals surface area contributed by atoms with E-state index < -0.39 is 5.38 Å². The Kier molecular flexibility index (Phi) is 3.72. The average Bonchev–Trinajstić information content (AvgIpc) is 2.42. The van der Waals surface area contributed by atoms with Crippen molar-refractivity contribution in [1.29, 1.82) is 5.26 Å². The Labute approximate surface area is 97.7 Å². The van der Waals surface area contributed by atoms with Gasteiger partial charge in [-0.25, -0.2) is 0 Å². The molecule has 0 aliphatic heterocycles. The molecule has 1 aromatic heterocycles. The third-order valence-electron chi connectivity index (χ3n) is 2.10. The summed E-state index contributed by atoms with van der Waals surface area (Å²) < 4.78 is 0. The highest BCUT2D eigenvalue weighted by Crippen LogP contribution is 2.31. The molecule has 3 nitrogen and oxygen atoms in total. The van der Waals surface area contributed by atoms with Crippen molar-refractivity contribution in [3.8, 4) is 6.07 Å². The smallest absolute Gasteiger partial charge is 0.242 e. The monoisotopic (exact) mass is 242 g/mol. The summed E-state index contributed by atoms with van der Waals surface area (Å²) >= 11 is 7.03. The molecule has 5 heteroatoms. The van der Waals surface area contributed by atoms with Crippen molar-refractivity contribution in [3.05, 3.63) is 16.0 Å². The lowest BCUT2D eigenvalue weighted by Gasteiger charge is -2.03. The summed E-state index contributed by atoms with van der Waals surface area (Å²) in [6, 6.07) is 2.08. The molecule has 0 saturated carbocycles. The zero-order valence-electron chi connectivity index (χ0n) is 8.72. The number of alkyl halides is 1. The minimum Gasteiger partial charge on any atom is -0.315 e. The fourth-order valence-electron chi connectivity index (χ4n) is 1.06. The van der Waals surface area contributed by atoms with E-state index in [9.17, 15) is 4.79 Å². The van der Waals surface area contributed by atoms with Gasteiger partial charge in [-0.05, 0) is 26.3 Å². The predicted molar refractivity (Wildman–Crippen MR) is 62.5 cm³/mol. The maximum absolute atomic E-state index is 11.4. The van der Waals surface area contributed by atoms with E-state index in [-0.39, 0.29) is 5.91 Å². The van der Waals surface area contributed by atoms with E-state index in [0.717, 1.165) is 10.4 Å². The lowest BCUT2D eigenvalue weighted by atomic mass is 10.2. The van der Waals surface area contributed by atoms with Crippen LogP contribution in [0.15, 0.2) is 0 Å². The molecule has 0 aliphatic rings. The fraction of sp³-hybridized carbons (Fsp3) is 0.400. The van der Waals surface area contributed by atoms with Gasteiger partial charge in [0, 0.05) is 4.88 Å². The molecule has 0 bridgehead atoms. The Morgan fingerprint density at radius 2 is 2.20 bits per heavy atom. The molecule has 80 valence electrons. The van der Waals surface area contributed by atoms with Gasteiger partial charge in [0.1, 0.15) is 16.4 Å². The quantitative estimate of drug-likeness (QED) is 0.811. The van der Waals surface area contributed by atoms with E-state index in [0.29, 0.717) is 10.6 Å². The van der Waals surface area contributed by atoms with Crippen molar-refractivity contribution < 1.29 is 4.79 Å². The third-order valence-corrected chi connectivity index (χ3v) is 3.42. The normalized spacial score (nSPS) is 11.9. The number of nitrogens with zero attached hydrogens (tertiary/aromatic N) is 1. The highest BCUT2D eigenvalue weighted by atomic mass is 35.5. The van der Waals surface area contributed by atoms with Gasteiger partial charge in [0.05, 0.1) is 5.56 Å². The van der Waals surface area contributed by atoms with E-state index in [1.807, 2.05) is 13.8 Å². The molecule has 0 saturated heterocycles. The van der Waals surface area contributed by atoms with Crippen LogP contribution in [0.1, 0.15) is 22.9 Å². The van der Waals surface area contributed by atoms with Gasteiger partial charge in [-0.3, -0.25) is 4.79 Å². The van der Waals surface area contributed by atoms with Crippen LogP contribution >= 0.6 is 22.9 Å². The maximum Gasteiger partial charge on any atom is 0.242 e. The second kappa shape index (κ2) is 4.65. The van der Waals surface area contributed by atoms with Gasteiger partial charge in [0.25, 0.3) is 0 Å². The van der Waals surface area contributed by atoms with Crippen molar-refractivity contribution in [2.75, 3.05) is 5.32 Å². The Morgan fingerprint density at radius 1 is 1.60 bits per heavy atom. The lowest BCUT2D eigenvalue weighted by molar-refractivity contribution is -0.115. The molecule has 0 aliphatic carbocycles. The van der Waals surface area contributed by atoms with E-state index in [2.05, 4.69) is 11.4 Å². The van der Waals surface area contributed by atoms with Gasteiger partial charge in [-0.15, -0.1) is 22.9 Å². The van der Waals surface area contributed by atoms with Crippen molar-refractivity contribution in [3.63, 3.8) is 0 Å². The Morgan fingerprint density at radius 3 is 2.67 bits per heavy atom. The predicted octanol–water partition coefficient (Wildman–Crippen LogP) is 2.80. The number of amides is 1. The van der Waals surface area contributed by atoms with Crippen LogP contribution < -0.4 is 5.32 Å². The van der Waals surface area contributed by atoms with Crippen molar-refractivity contribution >= 4 is 33.8 Å². The summed E-state index contributed by atoms with van der Waals surface area (Å²) in [6.45, 7) is 5.38. The minimum atomic E-state index is -0.598. The molecule has 0 spiro atoms. The molecule has 1 atom stereocenters. The summed E-state index contributed by atoms with van der Waals surface area (Å²) in [5.74, 6) is -0.283. The Hall–Kier alpha value is -1.05. The molecule has 0 unspecified atom stereocenters. The van der Waals surface area contributed by atoms with Gasteiger partial charge in [-0.1, -0.05) is 0 Å². The molecular formula is C10H11ClN2OS. The van der Waals surface area contributed by atoms with Crippen LogP contribution in [-0.4, -0.2) is 11.3 Å². The number of anilines is 1. The molecule has 0 fully saturated rings. The molecule has 1 rings (SSSR count). The molecule has 0 aromatic carbocycles. The van der Waals surface area contributed by atoms with E-state index in [4.69, 9.17) is 16.9 Å². The van der Waals surface area contributed by atoms with E-state index in [1.165, 1.54) is 11.3 Å². The van der Waals surface area contributed by atoms with E-state index >= 15 is 0 Å². The van der Waals surface area contributed by atoms with Gasteiger partial charge < -0.3 is 5.32 Å². The SMILES string of the molecule is Cc1sc(NC(=O)[C@H](C)Cl)c(C#N)c1C. The van der Waals surface area contributed by atoms with Crippen molar-refractivity contribution in [2.45, 2.75) is 26.1 Å². The van der Waals surface area contributed by atoms with E-state index in [1.54, 1.807) is 6.92 Å². The van der Waals surface area contributed by atoms with Crippen molar-refractivity contribution in [2.24, 2.45) is 0 Å². The number of nitriles is 1. The Balaban J connectivity index is 3.02. The molecule has 1 N–H and O–H groups in total. The second-order valence-electron chi connectivity index (χ2n) is 3.20. The third kappa shape index (κ3) is 2.49. The minimum absolute atomic E-state index is 0.283. The molecule has 15 heavy (non-hydrogen) atoms. The largest absolute Gasteiger partial charge is 0.315 e. The maximum atomic E-state index is 11.4. The zero-order chi connectivity index (χ0) is 11.6. The molecular weight excluding hydrogens is 232 g/mol. The van der Waals surface area contributed by atoms with Crippen molar-refractivity contribution in [1.82, 2.24) is 0 Å². The number of halogens is 1. The van der Waals surface area contributed by atoms with Gasteiger partial charge in [0.2, 0.25) is 5.91 Å². The first-order valence-corrected chi connectivity index (χ1v) is 5.67. The summed E-state index contributed by atoms with van der Waals surface area (Å²) in [6.07, 6.45) is 0. The van der Waals surface area contributed by atoms with Gasteiger partial charge in [-0.2, -0.15) is 5.26 Å². The molecule has 1 aromatic rings. The topological polar surface area (TPSA) is 52.9 Å². The Bertz CT molecular complexity index is 431. The van der Waals surface area contributed by atoms with Crippen LogP contribution in [0.5, 0.6) is 0 Å². The molecule has 1 heterocycles. The van der Waals surface area contributed by atoms with Crippen LogP contribution in [0.4, 0.5) is 5.00 Å². The van der Waals surface area contributed by atoms with Crippen LogP contribution in [-0.2, 0) is 4.79 Å². The number of thiophene rings is 1. The van der Waals surface area contributed by atoms with Gasteiger partial charge in [0.15, 0.2) is 0 Å². The van der Waals surface area contributed by atoms with Crippen LogP contribution in [0.3, 0.4) is 0 Å². The van der Waals surface area contributed by atoms with Crippen LogP contribution in [0.2, 0.25) is 0 Å². The number of hydrogen-bond donors (Lipinski definition) is 1. The summed E-state index contributed by atoms with van der Waals surface area (Å²) in [5, 5.41) is 11.6. The molecule has 0 radical (unpaired) electrons. The highest BCUT2D eigenvalue weighted by molar-refractivity contribution is 7.16. The fourth-order valence-corrected chi connectivity index (χ4v) is 2.13. The highest BCUT2D eigenvalue weighted by Gasteiger charge is 2.16. The number of rotatable bonds is 2. The summed E-state index contributed by atoms with van der Waals surface area (Å²) in [5.41, 5.74) is 1.45. The number of aryl methyl sites for hydroxylation is 1. The molecule has 1 amide bonds. The zero-order valence-corrected chi connectivity index (χ0v) is 10.3. The second-order valence-corrected chi connectivity index (χ2v) is 5.08. The van der Waals surface area contributed by atoms with Gasteiger partial charge >= 0.3 is 0 Å². The first-order valence-electron chi connectivity index (χ1n) is 4.42. The first-order chi connectivity index (χ1) is 6.97. The number of carbonyl (C=O) groups is 1. The van der Waals surface area contributed by atoms with Crippen LogP contribution in [0.25, 0.3) is 0 Å². The first kappa shape index (κ1) is 12.0. The number of nitrogens with one attached hydrogen (secondary N) is 1. The lowest BCUT2D eigenvalue weighted by Crippen LogP contribution is -2.20. The summed E-state index contributed by atoms with van der Waals surface area (Å²) in [7, 11) is 0. The standard InChI is InChI=1S/C10H11ClN2OS/c1-5-7(3)15-10(8(5)4-12)13-9(14)6(2)11/h6H,1-3H3,(H,13,14)/t6-/m0/s1. The summed E-state index contributed by atoms with van der Waals surface area (Å²) in [4.78, 5) is 12.4. The van der Waals surface area contributed by atoms with Crippen LogP contribution in [0, 0.1) is 25.2 Å². The number of carbonyl (C=O) groups excluding carboxylic acids is 1. The number of hydrogen-bond acceptors (Lipinski definition) is 3. The average molecular weight is 243 g/mol.